The van der Waals surface area contributed by atoms with Crippen LogP contribution in [0.25, 0.3) is 4.91 Å². The van der Waals surface area contributed by atoms with E-state index < -0.39 is 38.4 Å². The van der Waals surface area contributed by atoms with Gasteiger partial charge in [0.2, 0.25) is 0 Å². The first kappa shape index (κ1) is 20.9. The molecule has 2 atom stereocenters. The van der Waals surface area contributed by atoms with Crippen LogP contribution >= 0.6 is 23.5 Å². The van der Waals surface area contributed by atoms with Crippen molar-refractivity contribution in [1.82, 2.24) is 0 Å². The monoisotopic (exact) mass is 468 g/mol. The maximum absolute atomic E-state index is 15.0. The highest BCUT2D eigenvalue weighted by atomic mass is 32.2. The molecule has 1 fully saturated rings. The van der Waals surface area contributed by atoms with E-state index in [-0.39, 0.29) is 16.1 Å². The molecule has 0 amide bonds. The van der Waals surface area contributed by atoms with E-state index in [0.29, 0.717) is 10.5 Å². The first-order chi connectivity index (χ1) is 14.3. The molecule has 8 heteroatoms. The van der Waals surface area contributed by atoms with Crippen molar-refractivity contribution in [3.63, 3.8) is 0 Å². The smallest absolute Gasteiger partial charge is 0.194 e. The quantitative estimate of drug-likeness (QED) is 0.319. The standard InChI is InChI=1S/C23H14F6S2/c1-4-13-10-14-17-18(22(26,27)23(28,29)21(17,24)25)15-11-16(12-8-6-5-7-9-12)31-20(15,3)19(14,2)30-13/h1,5-11H,2-3H3/t19-,20-/m0/s1. The zero-order valence-electron chi connectivity index (χ0n) is 16.2. The minimum atomic E-state index is -5.55. The number of alkyl halides is 6. The van der Waals surface area contributed by atoms with Crippen LogP contribution in [0.5, 0.6) is 0 Å². The molecule has 1 saturated carbocycles. The number of hydrogen-bond donors (Lipinski definition) is 0. The number of allylic oxidation sites excluding steroid dienone is 5. The molecule has 0 nitrogen and oxygen atoms in total. The lowest BCUT2D eigenvalue weighted by Crippen LogP contribution is -2.48. The van der Waals surface area contributed by atoms with E-state index in [1.165, 1.54) is 23.9 Å². The summed E-state index contributed by atoms with van der Waals surface area (Å²) in [4.78, 5) is 0.798. The molecule has 5 rings (SSSR count). The maximum Gasteiger partial charge on any atom is 0.380 e. The Hall–Kier alpha value is -1.98. The van der Waals surface area contributed by atoms with E-state index in [0.717, 1.165) is 11.8 Å². The molecule has 0 bridgehead atoms. The molecule has 2 aliphatic carbocycles. The van der Waals surface area contributed by atoms with Crippen LogP contribution in [0.1, 0.15) is 19.4 Å². The second kappa shape index (κ2) is 5.87. The third-order valence-corrected chi connectivity index (χ3v) is 9.75. The molecule has 0 spiro atoms. The Morgan fingerprint density at radius 3 is 1.84 bits per heavy atom. The molecule has 160 valence electrons. The molecule has 1 aromatic rings. The van der Waals surface area contributed by atoms with Crippen molar-refractivity contribution in [2.75, 3.05) is 0 Å². The molecule has 0 N–H and O–H groups in total. The molecule has 2 heterocycles. The van der Waals surface area contributed by atoms with Crippen LogP contribution in [0.4, 0.5) is 26.3 Å². The number of thioether (sulfide) groups is 2. The van der Waals surface area contributed by atoms with Gasteiger partial charge in [0.25, 0.3) is 0 Å². The van der Waals surface area contributed by atoms with Gasteiger partial charge in [-0.05, 0) is 42.7 Å². The summed E-state index contributed by atoms with van der Waals surface area (Å²) in [5.74, 6) is -13.3. The van der Waals surface area contributed by atoms with Crippen molar-refractivity contribution in [3.05, 3.63) is 75.2 Å². The van der Waals surface area contributed by atoms with Crippen molar-refractivity contribution in [1.29, 1.82) is 0 Å². The van der Waals surface area contributed by atoms with Crippen LogP contribution in [0, 0.1) is 12.3 Å². The summed E-state index contributed by atoms with van der Waals surface area (Å²) in [5, 5.41) is 0. The molecular formula is C23H14F6S2. The Morgan fingerprint density at radius 1 is 0.774 bits per heavy atom. The van der Waals surface area contributed by atoms with E-state index in [1.807, 2.05) is 0 Å². The summed E-state index contributed by atoms with van der Waals surface area (Å²) in [6.45, 7) is 3.24. The highest BCUT2D eigenvalue weighted by Gasteiger charge is 2.84. The van der Waals surface area contributed by atoms with E-state index >= 15 is 8.78 Å². The lowest BCUT2D eigenvalue weighted by Gasteiger charge is -2.47. The van der Waals surface area contributed by atoms with Gasteiger partial charge in [0.05, 0.1) is 14.4 Å². The Kier molecular flexibility index (Phi) is 3.96. The van der Waals surface area contributed by atoms with Gasteiger partial charge in [0.15, 0.2) is 0 Å². The fourth-order valence-electron chi connectivity index (χ4n) is 4.72. The van der Waals surface area contributed by atoms with Gasteiger partial charge in [-0.15, -0.1) is 29.9 Å². The van der Waals surface area contributed by atoms with Crippen LogP contribution < -0.4 is 0 Å². The zero-order valence-corrected chi connectivity index (χ0v) is 17.8. The average molecular weight is 468 g/mol. The molecule has 0 saturated heterocycles. The molecule has 1 aromatic carbocycles. The van der Waals surface area contributed by atoms with E-state index in [4.69, 9.17) is 6.42 Å². The fraction of sp³-hybridized carbons (Fsp3) is 0.304. The SMILES string of the molecule is C#CC1=CC2=C3C(=C4C=C(c5ccccc5)S[C@]4(C)[C@@]2(C)S1)C(F)(F)C(F)(F)C3(F)F. The summed E-state index contributed by atoms with van der Waals surface area (Å²) in [5.41, 5.74) is -2.31. The number of hydrogen-bond acceptors (Lipinski definition) is 2. The maximum atomic E-state index is 15.0. The molecule has 31 heavy (non-hydrogen) atoms. The number of benzene rings is 1. The Morgan fingerprint density at radius 2 is 1.29 bits per heavy atom. The van der Waals surface area contributed by atoms with Crippen molar-refractivity contribution in [2.45, 2.75) is 41.1 Å². The first-order valence-corrected chi connectivity index (χ1v) is 10.9. The van der Waals surface area contributed by atoms with Gasteiger partial charge in [0.1, 0.15) is 0 Å². The molecule has 4 aliphatic rings. The highest BCUT2D eigenvalue weighted by molar-refractivity contribution is 8.12. The lowest BCUT2D eigenvalue weighted by atomic mass is 9.71. The molecular weight excluding hydrogens is 454 g/mol. The summed E-state index contributed by atoms with van der Waals surface area (Å²) < 4.78 is 86.5. The largest absolute Gasteiger partial charge is 0.380 e. The minimum Gasteiger partial charge on any atom is -0.194 e. The molecule has 2 aliphatic heterocycles. The fourth-order valence-corrected chi connectivity index (χ4v) is 7.67. The summed E-state index contributed by atoms with van der Waals surface area (Å²) in [7, 11) is 0. The van der Waals surface area contributed by atoms with Gasteiger partial charge < -0.3 is 0 Å². The van der Waals surface area contributed by atoms with E-state index in [9.17, 15) is 17.6 Å². The van der Waals surface area contributed by atoms with Gasteiger partial charge in [-0.25, -0.2) is 0 Å². The summed E-state index contributed by atoms with van der Waals surface area (Å²) in [6.07, 6.45) is 8.03. The van der Waals surface area contributed by atoms with Crippen molar-refractivity contribution in [2.24, 2.45) is 0 Å². The van der Waals surface area contributed by atoms with Crippen molar-refractivity contribution in [3.8, 4) is 12.3 Å². The predicted octanol–water partition coefficient (Wildman–Crippen LogP) is 7.08. The third-order valence-electron chi connectivity index (χ3n) is 6.52. The summed E-state index contributed by atoms with van der Waals surface area (Å²) >= 11 is 2.29. The zero-order chi connectivity index (χ0) is 22.6. The van der Waals surface area contributed by atoms with Crippen LogP contribution in [0.3, 0.4) is 0 Å². The van der Waals surface area contributed by atoms with Crippen LogP contribution in [0.2, 0.25) is 0 Å². The number of terminal acetylenes is 1. The van der Waals surface area contributed by atoms with Crippen LogP contribution in [-0.4, -0.2) is 27.3 Å². The first-order valence-electron chi connectivity index (χ1n) is 9.30. The van der Waals surface area contributed by atoms with Gasteiger partial charge in [-0.1, -0.05) is 36.3 Å². The van der Waals surface area contributed by atoms with E-state index in [1.54, 1.807) is 44.2 Å². The van der Waals surface area contributed by atoms with Crippen molar-refractivity contribution < 1.29 is 26.3 Å². The Labute approximate surface area is 183 Å². The third kappa shape index (κ3) is 2.19. The van der Waals surface area contributed by atoms with Gasteiger partial charge >= 0.3 is 17.8 Å². The number of fused-ring (bicyclic) bond motifs is 4. The van der Waals surface area contributed by atoms with Gasteiger partial charge in [0, 0.05) is 16.1 Å². The molecule has 0 radical (unpaired) electrons. The molecule has 0 unspecified atom stereocenters. The Balaban J connectivity index is 1.89. The van der Waals surface area contributed by atoms with Gasteiger partial charge in [-0.3, -0.25) is 0 Å². The number of halogens is 6. The number of rotatable bonds is 1. The predicted molar refractivity (Wildman–Crippen MR) is 112 cm³/mol. The second-order valence-electron chi connectivity index (χ2n) is 8.10. The Bertz CT molecular complexity index is 1200. The van der Waals surface area contributed by atoms with Gasteiger partial charge in [-0.2, -0.15) is 26.3 Å². The normalized spacial score (nSPS) is 34.0. The van der Waals surface area contributed by atoms with Crippen LogP contribution in [0.15, 0.2) is 69.7 Å². The van der Waals surface area contributed by atoms with Crippen LogP contribution in [-0.2, 0) is 0 Å². The van der Waals surface area contributed by atoms with Crippen molar-refractivity contribution >= 4 is 28.4 Å². The van der Waals surface area contributed by atoms with E-state index in [2.05, 4.69) is 5.92 Å². The summed E-state index contributed by atoms with van der Waals surface area (Å²) in [6, 6.07) is 8.80. The lowest BCUT2D eigenvalue weighted by molar-refractivity contribution is -0.258. The molecule has 0 aromatic heterocycles. The highest BCUT2D eigenvalue weighted by Crippen LogP contribution is 2.74. The minimum absolute atomic E-state index is 0.196. The average Bonchev–Trinajstić information content (AvgIpc) is 3.28. The second-order valence-corrected chi connectivity index (χ2v) is 11.0. The topological polar surface area (TPSA) is 0 Å².